The SMILES string of the molecule is CN=C(NCc1ccco1)NCC1(c2cccc(Br)c2)CC1.I. The van der Waals surface area contributed by atoms with E-state index in [1.165, 1.54) is 18.4 Å². The normalized spacial score (nSPS) is 15.7. The van der Waals surface area contributed by atoms with Gasteiger partial charge in [-0.2, -0.15) is 0 Å². The zero-order valence-corrected chi connectivity index (χ0v) is 16.9. The highest BCUT2D eigenvalue weighted by molar-refractivity contribution is 14.0. The molecule has 6 heteroatoms. The quantitative estimate of drug-likeness (QED) is 0.378. The zero-order chi connectivity index (χ0) is 15.4. The van der Waals surface area contributed by atoms with Crippen LogP contribution in [0.25, 0.3) is 0 Å². The minimum absolute atomic E-state index is 0. The second kappa shape index (κ2) is 8.19. The Morgan fingerprint density at radius 1 is 1.26 bits per heavy atom. The van der Waals surface area contributed by atoms with Gasteiger partial charge in [0.25, 0.3) is 0 Å². The molecule has 1 heterocycles. The lowest BCUT2D eigenvalue weighted by atomic mass is 9.96. The number of hydrogen-bond acceptors (Lipinski definition) is 2. The van der Waals surface area contributed by atoms with Gasteiger partial charge in [0.05, 0.1) is 12.8 Å². The highest BCUT2D eigenvalue weighted by atomic mass is 127. The number of guanidine groups is 1. The lowest BCUT2D eigenvalue weighted by molar-refractivity contribution is 0.501. The summed E-state index contributed by atoms with van der Waals surface area (Å²) in [4.78, 5) is 4.27. The summed E-state index contributed by atoms with van der Waals surface area (Å²) in [6.45, 7) is 1.53. The van der Waals surface area contributed by atoms with E-state index in [4.69, 9.17) is 4.42 Å². The number of halogens is 2. The number of nitrogens with zero attached hydrogens (tertiary/aromatic N) is 1. The summed E-state index contributed by atoms with van der Waals surface area (Å²) in [5, 5.41) is 6.71. The van der Waals surface area contributed by atoms with Crippen LogP contribution in [0.5, 0.6) is 0 Å². The molecule has 4 nitrogen and oxygen atoms in total. The van der Waals surface area contributed by atoms with Crippen molar-refractivity contribution >= 4 is 45.9 Å². The topological polar surface area (TPSA) is 49.6 Å². The van der Waals surface area contributed by atoms with Crippen LogP contribution in [0.3, 0.4) is 0 Å². The smallest absolute Gasteiger partial charge is 0.191 e. The Morgan fingerprint density at radius 2 is 2.09 bits per heavy atom. The zero-order valence-electron chi connectivity index (χ0n) is 13.0. The second-order valence-electron chi connectivity index (χ2n) is 5.65. The van der Waals surface area contributed by atoms with Crippen molar-refractivity contribution < 1.29 is 4.42 Å². The standard InChI is InChI=1S/C17H20BrN3O.HI/c1-19-16(20-11-15-6-3-9-22-15)21-12-17(7-8-17)13-4-2-5-14(18)10-13;/h2-6,9-10H,7-8,11-12H2,1H3,(H2,19,20,21);1H. The third kappa shape index (κ3) is 4.73. The van der Waals surface area contributed by atoms with Crippen molar-refractivity contribution in [3.63, 3.8) is 0 Å². The molecule has 0 spiro atoms. The number of nitrogens with one attached hydrogen (secondary N) is 2. The van der Waals surface area contributed by atoms with Gasteiger partial charge in [0.15, 0.2) is 5.96 Å². The van der Waals surface area contributed by atoms with Crippen molar-refractivity contribution in [2.75, 3.05) is 13.6 Å². The second-order valence-corrected chi connectivity index (χ2v) is 6.57. The summed E-state index contributed by atoms with van der Waals surface area (Å²) < 4.78 is 6.45. The molecule has 23 heavy (non-hydrogen) atoms. The van der Waals surface area contributed by atoms with E-state index in [1.54, 1.807) is 13.3 Å². The molecule has 3 rings (SSSR count). The summed E-state index contributed by atoms with van der Waals surface area (Å²) in [6, 6.07) is 12.4. The van der Waals surface area contributed by atoms with E-state index in [0.717, 1.165) is 22.7 Å². The Morgan fingerprint density at radius 3 is 2.70 bits per heavy atom. The number of hydrogen-bond donors (Lipinski definition) is 2. The Balaban J connectivity index is 0.00000192. The van der Waals surface area contributed by atoms with Gasteiger partial charge in [0.2, 0.25) is 0 Å². The van der Waals surface area contributed by atoms with Crippen LogP contribution in [-0.4, -0.2) is 19.6 Å². The summed E-state index contributed by atoms with van der Waals surface area (Å²) >= 11 is 3.56. The van der Waals surface area contributed by atoms with Gasteiger partial charge in [0, 0.05) is 23.5 Å². The molecule has 0 aliphatic heterocycles. The molecule has 0 radical (unpaired) electrons. The summed E-state index contributed by atoms with van der Waals surface area (Å²) in [5.41, 5.74) is 1.63. The van der Waals surface area contributed by atoms with Crippen LogP contribution in [-0.2, 0) is 12.0 Å². The van der Waals surface area contributed by atoms with Crippen LogP contribution >= 0.6 is 39.9 Å². The minimum Gasteiger partial charge on any atom is -0.467 e. The van der Waals surface area contributed by atoms with Crippen LogP contribution in [0.1, 0.15) is 24.2 Å². The lowest BCUT2D eigenvalue weighted by Gasteiger charge is -2.19. The molecule has 1 aromatic carbocycles. The molecule has 124 valence electrons. The van der Waals surface area contributed by atoms with Crippen molar-refractivity contribution in [1.29, 1.82) is 0 Å². The molecular formula is C17H21BrIN3O. The Bertz CT molecular complexity index is 654. The van der Waals surface area contributed by atoms with Crippen molar-refractivity contribution in [3.05, 3.63) is 58.5 Å². The fourth-order valence-electron chi connectivity index (χ4n) is 2.59. The van der Waals surface area contributed by atoms with E-state index in [9.17, 15) is 0 Å². The van der Waals surface area contributed by atoms with Gasteiger partial charge >= 0.3 is 0 Å². The van der Waals surface area contributed by atoms with Crippen molar-refractivity contribution in [1.82, 2.24) is 10.6 Å². The van der Waals surface area contributed by atoms with E-state index in [2.05, 4.69) is 55.8 Å². The molecule has 0 unspecified atom stereocenters. The van der Waals surface area contributed by atoms with E-state index in [-0.39, 0.29) is 29.4 Å². The first-order chi connectivity index (χ1) is 10.7. The predicted octanol–water partition coefficient (Wildman–Crippen LogP) is 4.06. The molecule has 2 aromatic rings. The lowest BCUT2D eigenvalue weighted by Crippen LogP contribution is -2.40. The van der Waals surface area contributed by atoms with Crippen LogP contribution in [0.15, 0.2) is 56.5 Å². The van der Waals surface area contributed by atoms with Gasteiger partial charge in [-0.1, -0.05) is 28.1 Å². The third-order valence-corrected chi connectivity index (χ3v) is 4.61. The van der Waals surface area contributed by atoms with E-state index in [1.807, 2.05) is 12.1 Å². The molecule has 0 saturated heterocycles. The Kier molecular flexibility index (Phi) is 6.52. The van der Waals surface area contributed by atoms with Gasteiger partial charge in [0.1, 0.15) is 5.76 Å². The van der Waals surface area contributed by atoms with Gasteiger partial charge in [-0.3, -0.25) is 4.99 Å². The molecule has 1 aliphatic carbocycles. The molecule has 1 saturated carbocycles. The maximum atomic E-state index is 5.32. The number of rotatable bonds is 5. The molecule has 0 atom stereocenters. The van der Waals surface area contributed by atoms with Gasteiger partial charge in [-0.25, -0.2) is 0 Å². The average molecular weight is 490 g/mol. The molecule has 1 aliphatic rings. The first-order valence-electron chi connectivity index (χ1n) is 7.45. The maximum Gasteiger partial charge on any atom is 0.191 e. The minimum atomic E-state index is 0. The van der Waals surface area contributed by atoms with Crippen LogP contribution in [0.2, 0.25) is 0 Å². The average Bonchev–Trinajstić information content (AvgIpc) is 3.14. The Labute approximate surface area is 162 Å². The monoisotopic (exact) mass is 489 g/mol. The predicted molar refractivity (Wildman–Crippen MR) is 107 cm³/mol. The number of aliphatic imine (C=N–C) groups is 1. The highest BCUT2D eigenvalue weighted by Crippen LogP contribution is 2.48. The van der Waals surface area contributed by atoms with Crippen LogP contribution < -0.4 is 10.6 Å². The van der Waals surface area contributed by atoms with Gasteiger partial charge in [-0.15, -0.1) is 24.0 Å². The molecule has 0 bridgehead atoms. The molecule has 1 aromatic heterocycles. The first-order valence-corrected chi connectivity index (χ1v) is 8.24. The fourth-order valence-corrected chi connectivity index (χ4v) is 2.99. The van der Waals surface area contributed by atoms with E-state index < -0.39 is 0 Å². The number of furan rings is 1. The van der Waals surface area contributed by atoms with Crippen molar-refractivity contribution in [2.24, 2.45) is 4.99 Å². The molecule has 2 N–H and O–H groups in total. The van der Waals surface area contributed by atoms with Crippen LogP contribution in [0.4, 0.5) is 0 Å². The first kappa shape index (κ1) is 18.3. The highest BCUT2D eigenvalue weighted by Gasteiger charge is 2.44. The third-order valence-electron chi connectivity index (χ3n) is 4.12. The summed E-state index contributed by atoms with van der Waals surface area (Å²) in [6.07, 6.45) is 4.11. The van der Waals surface area contributed by atoms with Gasteiger partial charge < -0.3 is 15.1 Å². The van der Waals surface area contributed by atoms with Crippen LogP contribution in [0, 0.1) is 0 Å². The summed E-state index contributed by atoms with van der Waals surface area (Å²) in [5.74, 6) is 1.70. The van der Waals surface area contributed by atoms with E-state index in [0.29, 0.717) is 6.54 Å². The van der Waals surface area contributed by atoms with E-state index >= 15 is 0 Å². The largest absolute Gasteiger partial charge is 0.467 e. The molecular weight excluding hydrogens is 469 g/mol. The fraction of sp³-hybridized carbons (Fsp3) is 0.353. The van der Waals surface area contributed by atoms with Gasteiger partial charge in [-0.05, 0) is 42.7 Å². The molecule has 0 amide bonds. The van der Waals surface area contributed by atoms with Crippen molar-refractivity contribution in [2.45, 2.75) is 24.8 Å². The summed E-state index contributed by atoms with van der Waals surface area (Å²) in [7, 11) is 1.79. The molecule has 1 fully saturated rings. The van der Waals surface area contributed by atoms with Crippen molar-refractivity contribution in [3.8, 4) is 0 Å². The number of benzene rings is 1. The maximum absolute atomic E-state index is 5.32. The Hall–Kier alpha value is -1.02.